The van der Waals surface area contributed by atoms with Crippen molar-refractivity contribution in [2.45, 2.75) is 39.7 Å². The molecule has 1 heterocycles. The first-order valence-corrected chi connectivity index (χ1v) is 11.6. The fraction of sp³-hybridized carbons (Fsp3) is 0.250. The molecule has 33 heavy (non-hydrogen) atoms. The summed E-state index contributed by atoms with van der Waals surface area (Å²) < 4.78 is 6.18. The molecule has 4 nitrogen and oxygen atoms in total. The number of ketones is 1. The summed E-state index contributed by atoms with van der Waals surface area (Å²) in [4.78, 5) is 13.4. The van der Waals surface area contributed by atoms with E-state index >= 15 is 0 Å². The SMILES string of the molecule is Cc1ccccc1Oc1ccc2c(c1)NC(c1ccccc1Cl)C1=C(CC(C)(C)CC1=O)N2. The van der Waals surface area contributed by atoms with Crippen LogP contribution in [0.2, 0.25) is 5.02 Å². The van der Waals surface area contributed by atoms with Crippen molar-refractivity contribution < 1.29 is 9.53 Å². The second kappa shape index (κ2) is 8.27. The van der Waals surface area contributed by atoms with E-state index in [9.17, 15) is 4.79 Å². The van der Waals surface area contributed by atoms with E-state index in [0.717, 1.165) is 51.7 Å². The van der Waals surface area contributed by atoms with Crippen molar-refractivity contribution in [3.63, 3.8) is 0 Å². The maximum Gasteiger partial charge on any atom is 0.163 e. The Morgan fingerprint density at radius 3 is 2.52 bits per heavy atom. The van der Waals surface area contributed by atoms with Gasteiger partial charge in [-0.3, -0.25) is 4.79 Å². The van der Waals surface area contributed by atoms with Crippen molar-refractivity contribution in [2.75, 3.05) is 10.6 Å². The van der Waals surface area contributed by atoms with Gasteiger partial charge in [0.25, 0.3) is 0 Å². The van der Waals surface area contributed by atoms with Gasteiger partial charge in [0.05, 0.1) is 17.4 Å². The zero-order valence-corrected chi connectivity index (χ0v) is 19.8. The molecule has 0 aromatic heterocycles. The summed E-state index contributed by atoms with van der Waals surface area (Å²) in [6.07, 6.45) is 1.30. The van der Waals surface area contributed by atoms with E-state index in [4.69, 9.17) is 16.3 Å². The zero-order valence-electron chi connectivity index (χ0n) is 19.0. The fourth-order valence-corrected chi connectivity index (χ4v) is 4.97. The molecule has 1 aliphatic heterocycles. The van der Waals surface area contributed by atoms with Gasteiger partial charge < -0.3 is 15.4 Å². The quantitative estimate of drug-likeness (QED) is 0.423. The molecular formula is C28H27ClN2O2. The number of allylic oxidation sites excluding steroid dienone is 1. The lowest BCUT2D eigenvalue weighted by Gasteiger charge is -2.34. The molecule has 3 aromatic carbocycles. The molecule has 2 aliphatic rings. The molecule has 5 heteroatoms. The highest BCUT2D eigenvalue weighted by atomic mass is 35.5. The maximum atomic E-state index is 13.4. The van der Waals surface area contributed by atoms with Gasteiger partial charge in [0.2, 0.25) is 0 Å². The van der Waals surface area contributed by atoms with E-state index in [1.807, 2.05) is 73.7 Å². The third kappa shape index (κ3) is 4.23. The van der Waals surface area contributed by atoms with Crippen molar-refractivity contribution in [3.8, 4) is 11.5 Å². The van der Waals surface area contributed by atoms with Crippen LogP contribution in [0.25, 0.3) is 0 Å². The molecule has 0 amide bonds. The van der Waals surface area contributed by atoms with Gasteiger partial charge in [0, 0.05) is 28.8 Å². The Balaban J connectivity index is 1.59. The summed E-state index contributed by atoms with van der Waals surface area (Å²) in [7, 11) is 0. The second-order valence-electron chi connectivity index (χ2n) is 9.63. The van der Waals surface area contributed by atoms with E-state index in [-0.39, 0.29) is 17.2 Å². The summed E-state index contributed by atoms with van der Waals surface area (Å²) in [6, 6.07) is 21.2. The lowest BCUT2D eigenvalue weighted by molar-refractivity contribution is -0.118. The topological polar surface area (TPSA) is 50.4 Å². The van der Waals surface area contributed by atoms with E-state index < -0.39 is 0 Å². The first-order valence-electron chi connectivity index (χ1n) is 11.2. The number of benzene rings is 3. The van der Waals surface area contributed by atoms with Crippen molar-refractivity contribution >= 4 is 28.8 Å². The first kappa shape index (κ1) is 21.6. The molecule has 2 N–H and O–H groups in total. The van der Waals surface area contributed by atoms with Crippen LogP contribution in [0.4, 0.5) is 11.4 Å². The van der Waals surface area contributed by atoms with Gasteiger partial charge in [-0.1, -0.05) is 61.8 Å². The average Bonchev–Trinajstić information content (AvgIpc) is 2.91. The van der Waals surface area contributed by atoms with Gasteiger partial charge >= 0.3 is 0 Å². The van der Waals surface area contributed by atoms with E-state index in [1.54, 1.807) is 0 Å². The lowest BCUT2D eigenvalue weighted by atomic mass is 9.73. The Bertz CT molecular complexity index is 1280. The van der Waals surface area contributed by atoms with Crippen LogP contribution in [0.1, 0.15) is 43.9 Å². The number of rotatable bonds is 3. The van der Waals surface area contributed by atoms with Gasteiger partial charge in [0.1, 0.15) is 11.5 Å². The summed E-state index contributed by atoms with van der Waals surface area (Å²) >= 11 is 6.61. The Morgan fingerprint density at radius 2 is 1.73 bits per heavy atom. The minimum Gasteiger partial charge on any atom is -0.457 e. The highest BCUT2D eigenvalue weighted by Crippen LogP contribution is 2.47. The summed E-state index contributed by atoms with van der Waals surface area (Å²) in [6.45, 7) is 6.30. The van der Waals surface area contributed by atoms with Crippen LogP contribution in [0, 0.1) is 12.3 Å². The summed E-state index contributed by atoms with van der Waals surface area (Å²) in [5, 5.41) is 7.81. The normalized spacial score (nSPS) is 19.0. The van der Waals surface area contributed by atoms with Gasteiger partial charge in [-0.25, -0.2) is 0 Å². The minimum atomic E-state index is -0.347. The van der Waals surface area contributed by atoms with Crippen LogP contribution < -0.4 is 15.4 Å². The molecule has 0 saturated carbocycles. The molecule has 0 saturated heterocycles. The summed E-state index contributed by atoms with van der Waals surface area (Å²) in [5.41, 5.74) is 5.36. The van der Waals surface area contributed by atoms with Crippen LogP contribution in [-0.4, -0.2) is 5.78 Å². The van der Waals surface area contributed by atoms with E-state index in [1.165, 1.54) is 0 Å². The number of nitrogens with one attached hydrogen (secondary N) is 2. The zero-order chi connectivity index (χ0) is 23.2. The molecule has 5 rings (SSSR count). The number of hydrogen-bond donors (Lipinski definition) is 2. The molecule has 0 bridgehead atoms. The Kier molecular flexibility index (Phi) is 5.41. The smallest absolute Gasteiger partial charge is 0.163 e. The number of anilines is 2. The molecule has 0 radical (unpaired) electrons. The van der Waals surface area contributed by atoms with Gasteiger partial charge in [-0.05, 0) is 54.2 Å². The van der Waals surface area contributed by atoms with E-state index in [2.05, 4.69) is 24.5 Å². The number of halogens is 1. The highest BCUT2D eigenvalue weighted by molar-refractivity contribution is 6.31. The van der Waals surface area contributed by atoms with Crippen molar-refractivity contribution in [3.05, 3.63) is 94.1 Å². The van der Waals surface area contributed by atoms with Crippen LogP contribution in [-0.2, 0) is 4.79 Å². The number of para-hydroxylation sites is 1. The number of carbonyl (C=O) groups is 1. The molecule has 168 valence electrons. The predicted octanol–water partition coefficient (Wildman–Crippen LogP) is 7.66. The third-order valence-electron chi connectivity index (χ3n) is 6.32. The number of carbonyl (C=O) groups excluding carboxylic acids is 1. The summed E-state index contributed by atoms with van der Waals surface area (Å²) in [5.74, 6) is 1.69. The molecule has 1 unspecified atom stereocenters. The fourth-order valence-electron chi connectivity index (χ4n) is 4.73. The van der Waals surface area contributed by atoms with Crippen LogP contribution in [0.3, 0.4) is 0 Å². The Hall–Kier alpha value is -3.24. The van der Waals surface area contributed by atoms with E-state index in [0.29, 0.717) is 11.4 Å². The molecule has 3 aromatic rings. The maximum absolute atomic E-state index is 13.4. The number of aryl methyl sites for hydroxylation is 1. The van der Waals surface area contributed by atoms with Crippen LogP contribution in [0.15, 0.2) is 78.0 Å². The van der Waals surface area contributed by atoms with Crippen molar-refractivity contribution in [2.24, 2.45) is 5.41 Å². The van der Waals surface area contributed by atoms with Gasteiger partial charge in [-0.15, -0.1) is 0 Å². The molecule has 1 atom stereocenters. The Morgan fingerprint density at radius 1 is 0.970 bits per heavy atom. The molecule has 0 fully saturated rings. The highest BCUT2D eigenvalue weighted by Gasteiger charge is 2.39. The number of hydrogen-bond acceptors (Lipinski definition) is 4. The second-order valence-corrected chi connectivity index (χ2v) is 10.0. The lowest BCUT2D eigenvalue weighted by Crippen LogP contribution is -2.31. The molecule has 0 spiro atoms. The standard InChI is InChI=1S/C28H27ClN2O2/c1-17-8-4-7-11-25(17)33-18-12-13-21-22(14-18)31-27(19-9-5-6-10-20(19)29)26-23(30-21)15-28(2,3)16-24(26)32/h4-14,27,30-31H,15-16H2,1-3H3. The van der Waals surface area contributed by atoms with Crippen LogP contribution in [0.5, 0.6) is 11.5 Å². The third-order valence-corrected chi connectivity index (χ3v) is 6.67. The van der Waals surface area contributed by atoms with Crippen molar-refractivity contribution in [1.29, 1.82) is 0 Å². The van der Waals surface area contributed by atoms with Crippen molar-refractivity contribution in [1.82, 2.24) is 0 Å². The molecule has 1 aliphatic carbocycles. The van der Waals surface area contributed by atoms with Crippen LogP contribution >= 0.6 is 11.6 Å². The number of Topliss-reactive ketones (excluding diaryl/α,β-unsaturated/α-hetero) is 1. The number of fused-ring (bicyclic) bond motifs is 1. The largest absolute Gasteiger partial charge is 0.457 e. The molecular weight excluding hydrogens is 432 g/mol. The van der Waals surface area contributed by atoms with Gasteiger partial charge in [0.15, 0.2) is 5.78 Å². The minimum absolute atomic E-state index is 0.105. The number of ether oxygens (including phenoxy) is 1. The van der Waals surface area contributed by atoms with Gasteiger partial charge in [-0.2, -0.15) is 0 Å². The average molecular weight is 459 g/mol. The predicted molar refractivity (Wildman–Crippen MR) is 134 cm³/mol. The Labute approximate surface area is 199 Å². The first-order chi connectivity index (χ1) is 15.8. The monoisotopic (exact) mass is 458 g/mol.